The topological polar surface area (TPSA) is 121 Å². The lowest BCUT2D eigenvalue weighted by molar-refractivity contribution is -0.00456. The predicted molar refractivity (Wildman–Crippen MR) is 128 cm³/mol. The van der Waals surface area contributed by atoms with Crippen LogP contribution in [-0.2, 0) is 0 Å². The molecular formula is C25H27N5O5. The van der Waals surface area contributed by atoms with E-state index in [0.29, 0.717) is 46.8 Å². The lowest BCUT2D eigenvalue weighted by atomic mass is 10.1. The highest BCUT2D eigenvalue weighted by Crippen LogP contribution is 2.32. The van der Waals surface area contributed by atoms with Crippen LogP contribution in [0.3, 0.4) is 0 Å². The Morgan fingerprint density at radius 2 is 2.06 bits per heavy atom. The summed E-state index contributed by atoms with van der Waals surface area (Å²) in [5, 5.41) is 26.7. The van der Waals surface area contributed by atoms with Crippen LogP contribution in [0.2, 0.25) is 0 Å². The molecule has 1 aliphatic heterocycles. The number of aryl methyl sites for hydroxylation is 2. The molecule has 0 aliphatic carbocycles. The molecule has 3 N–H and O–H groups in total. The Kier molecular flexibility index (Phi) is 5.49. The summed E-state index contributed by atoms with van der Waals surface area (Å²) in [4.78, 5) is 27.0. The van der Waals surface area contributed by atoms with E-state index in [1.807, 2.05) is 30.4 Å². The van der Waals surface area contributed by atoms with E-state index in [4.69, 9.17) is 4.74 Å². The molecule has 182 valence electrons. The molecule has 0 bridgehead atoms. The Morgan fingerprint density at radius 3 is 2.77 bits per heavy atom. The first-order valence-electron chi connectivity index (χ1n) is 11.4. The number of rotatable bonds is 5. The average Bonchev–Trinajstić information content (AvgIpc) is 3.51. The van der Waals surface area contributed by atoms with Gasteiger partial charge in [0.25, 0.3) is 11.8 Å². The van der Waals surface area contributed by atoms with Crippen molar-refractivity contribution in [2.75, 3.05) is 26.7 Å². The van der Waals surface area contributed by atoms with Crippen LogP contribution in [-0.4, -0.2) is 73.3 Å². The molecule has 1 saturated heterocycles. The second-order valence-corrected chi connectivity index (χ2v) is 9.03. The monoisotopic (exact) mass is 477 g/mol. The number of fused-ring (bicyclic) bond motifs is 2. The third kappa shape index (κ3) is 3.80. The molecule has 0 spiro atoms. The molecule has 5 rings (SSSR count). The Labute approximate surface area is 201 Å². The van der Waals surface area contributed by atoms with Gasteiger partial charge in [0.15, 0.2) is 5.75 Å². The quantitative estimate of drug-likeness (QED) is 0.404. The number of ether oxygens (including phenoxy) is 1. The van der Waals surface area contributed by atoms with Crippen molar-refractivity contribution in [1.29, 1.82) is 0 Å². The molecule has 1 aliphatic rings. The molecule has 0 saturated carbocycles. The highest BCUT2D eigenvalue weighted by atomic mass is 16.5. The molecule has 4 aromatic rings. The first kappa shape index (κ1) is 22.9. The Bertz CT molecular complexity index is 1470. The van der Waals surface area contributed by atoms with E-state index in [9.17, 15) is 19.8 Å². The number of aromatic nitrogens is 3. The maximum Gasteiger partial charge on any atom is 0.268 e. The molecule has 35 heavy (non-hydrogen) atoms. The van der Waals surface area contributed by atoms with Gasteiger partial charge in [-0.1, -0.05) is 0 Å². The van der Waals surface area contributed by atoms with Crippen molar-refractivity contribution in [2.45, 2.75) is 25.9 Å². The van der Waals surface area contributed by atoms with Gasteiger partial charge in [0.2, 0.25) is 0 Å². The number of likely N-dealkylation sites (tertiary alicyclic amines) is 1. The van der Waals surface area contributed by atoms with Crippen LogP contribution in [0.25, 0.3) is 11.0 Å². The van der Waals surface area contributed by atoms with Crippen LogP contribution in [0.5, 0.6) is 11.5 Å². The third-order valence-corrected chi connectivity index (χ3v) is 6.64. The van der Waals surface area contributed by atoms with Gasteiger partial charge in [-0.05, 0) is 43.5 Å². The van der Waals surface area contributed by atoms with E-state index in [1.54, 1.807) is 47.2 Å². The van der Waals surface area contributed by atoms with Crippen LogP contribution in [0.15, 0.2) is 42.9 Å². The van der Waals surface area contributed by atoms with Crippen molar-refractivity contribution in [3.63, 3.8) is 0 Å². The van der Waals surface area contributed by atoms with Gasteiger partial charge in [-0.15, -0.1) is 0 Å². The van der Waals surface area contributed by atoms with Crippen molar-refractivity contribution in [3.8, 4) is 11.5 Å². The van der Waals surface area contributed by atoms with Gasteiger partial charge in [-0.2, -0.15) is 5.10 Å². The first-order valence-corrected chi connectivity index (χ1v) is 11.4. The lowest BCUT2D eigenvalue weighted by Gasteiger charge is -2.20. The number of hydrogen-bond acceptors (Lipinski definition) is 6. The Balaban J connectivity index is 1.48. The number of amides is 2. The summed E-state index contributed by atoms with van der Waals surface area (Å²) in [6.45, 7) is 3.78. The maximum absolute atomic E-state index is 13.2. The molecule has 1 unspecified atom stereocenters. The minimum absolute atomic E-state index is 0.0829. The summed E-state index contributed by atoms with van der Waals surface area (Å²) in [5.41, 5.74) is 2.81. The van der Waals surface area contributed by atoms with Crippen molar-refractivity contribution in [3.05, 3.63) is 65.2 Å². The summed E-state index contributed by atoms with van der Waals surface area (Å²) in [6, 6.07) is 7.28. The normalized spacial score (nSPS) is 17.9. The lowest BCUT2D eigenvalue weighted by Crippen LogP contribution is -2.38. The summed E-state index contributed by atoms with van der Waals surface area (Å²) >= 11 is 0. The van der Waals surface area contributed by atoms with Crippen LogP contribution in [0.4, 0.5) is 0 Å². The third-order valence-electron chi connectivity index (χ3n) is 6.64. The molecule has 5 heterocycles. The van der Waals surface area contributed by atoms with E-state index < -0.39 is 5.60 Å². The molecular weight excluding hydrogens is 450 g/mol. The van der Waals surface area contributed by atoms with E-state index in [0.717, 1.165) is 11.1 Å². The number of aliphatic hydroxyl groups excluding tert-OH is 1. The van der Waals surface area contributed by atoms with Crippen LogP contribution >= 0.6 is 0 Å². The molecule has 0 aromatic carbocycles. The molecule has 2 amide bonds. The summed E-state index contributed by atoms with van der Waals surface area (Å²) in [7, 11) is 1.60. The molecule has 4 aromatic heterocycles. The minimum Gasteiger partial charge on any atom is -0.455 e. The van der Waals surface area contributed by atoms with Gasteiger partial charge in [0.05, 0.1) is 24.9 Å². The predicted octanol–water partition coefficient (Wildman–Crippen LogP) is 1.93. The number of aliphatic hydroxyl groups is 2. The fraction of sp³-hybridized carbons (Fsp3) is 0.320. The van der Waals surface area contributed by atoms with Gasteiger partial charge in [-0.3, -0.25) is 9.59 Å². The molecule has 10 nitrogen and oxygen atoms in total. The SMILES string of the molecule is CNC(=O)c1c(C)cc2cc(Oc3ccnn4cc(C(=O)N5CCC(O)(CO)C5)c(C)c34)ccn12. The first-order chi connectivity index (χ1) is 16.7. The zero-order valence-corrected chi connectivity index (χ0v) is 19.8. The Hall–Kier alpha value is -3.89. The number of pyridine rings is 1. The van der Waals surface area contributed by atoms with Crippen LogP contribution < -0.4 is 10.1 Å². The number of β-amino-alcohol motifs (C(OH)–C–C–N with tert-alkyl or cyclic N) is 1. The number of carbonyl (C=O) groups excluding carboxylic acids is 2. The summed E-state index contributed by atoms with van der Waals surface area (Å²) in [5.74, 6) is 0.718. The zero-order chi connectivity index (χ0) is 24.9. The standard InChI is InChI=1S/C25H27N5O5/c1-15-10-17-11-18(5-8-29(17)21(15)23(32)26-3)35-20-4-7-27-30-12-19(16(2)22(20)30)24(33)28-9-6-25(34,13-28)14-31/h4-5,7-8,10-12,31,34H,6,9,13-14H2,1-3H3,(H,26,32). The van der Waals surface area contributed by atoms with Crippen molar-refractivity contribution >= 4 is 22.8 Å². The van der Waals surface area contributed by atoms with Gasteiger partial charge in [-0.25, -0.2) is 4.52 Å². The molecule has 10 heteroatoms. The summed E-state index contributed by atoms with van der Waals surface area (Å²) in [6.07, 6.45) is 5.37. The van der Waals surface area contributed by atoms with Crippen molar-refractivity contribution < 1.29 is 24.5 Å². The molecule has 0 radical (unpaired) electrons. The van der Waals surface area contributed by atoms with E-state index in [-0.39, 0.29) is 25.0 Å². The minimum atomic E-state index is -1.26. The van der Waals surface area contributed by atoms with E-state index in [1.165, 1.54) is 0 Å². The zero-order valence-electron chi connectivity index (χ0n) is 19.8. The van der Waals surface area contributed by atoms with Gasteiger partial charge in [0, 0.05) is 43.6 Å². The largest absolute Gasteiger partial charge is 0.455 e. The average molecular weight is 478 g/mol. The fourth-order valence-corrected chi connectivity index (χ4v) is 4.74. The highest BCUT2D eigenvalue weighted by Gasteiger charge is 2.38. The van der Waals surface area contributed by atoms with Crippen molar-refractivity contribution in [1.82, 2.24) is 24.2 Å². The maximum atomic E-state index is 13.2. The number of carbonyl (C=O) groups is 2. The van der Waals surface area contributed by atoms with E-state index >= 15 is 0 Å². The van der Waals surface area contributed by atoms with E-state index in [2.05, 4.69) is 10.4 Å². The Morgan fingerprint density at radius 1 is 1.26 bits per heavy atom. The smallest absolute Gasteiger partial charge is 0.268 e. The van der Waals surface area contributed by atoms with Crippen LogP contribution in [0.1, 0.15) is 38.4 Å². The van der Waals surface area contributed by atoms with Gasteiger partial charge < -0.3 is 29.6 Å². The molecule has 1 fully saturated rings. The second-order valence-electron chi connectivity index (χ2n) is 9.03. The highest BCUT2D eigenvalue weighted by molar-refractivity contribution is 5.98. The molecule has 1 atom stereocenters. The van der Waals surface area contributed by atoms with Crippen molar-refractivity contribution in [2.24, 2.45) is 0 Å². The van der Waals surface area contributed by atoms with Crippen LogP contribution in [0, 0.1) is 13.8 Å². The fourth-order valence-electron chi connectivity index (χ4n) is 4.74. The summed E-state index contributed by atoms with van der Waals surface area (Å²) < 4.78 is 9.63. The number of hydrogen-bond donors (Lipinski definition) is 3. The number of nitrogens with one attached hydrogen (secondary N) is 1. The van der Waals surface area contributed by atoms with Gasteiger partial charge >= 0.3 is 0 Å². The van der Waals surface area contributed by atoms with Gasteiger partial charge in [0.1, 0.15) is 22.6 Å². The number of nitrogens with zero attached hydrogens (tertiary/aromatic N) is 4. The second kappa shape index (κ2) is 8.40.